The van der Waals surface area contributed by atoms with Crippen LogP contribution >= 0.6 is 23.2 Å². The van der Waals surface area contributed by atoms with Gasteiger partial charge in [-0.05, 0) is 24.3 Å². The van der Waals surface area contributed by atoms with Gasteiger partial charge in [0, 0.05) is 11.3 Å². The summed E-state index contributed by atoms with van der Waals surface area (Å²) < 4.78 is 25.9. The summed E-state index contributed by atoms with van der Waals surface area (Å²) in [4.78, 5) is 0.426. The summed E-state index contributed by atoms with van der Waals surface area (Å²) in [6, 6.07) is 9.30. The smallest absolute Gasteiger partial charge is 0.145 e. The molecule has 1 atom stereocenters. The molecule has 0 heterocycles. The topological polar surface area (TPSA) is 43.1 Å². The number of hydrogen-bond donors (Lipinski definition) is 1. The first-order chi connectivity index (χ1) is 8.99. The molecule has 1 unspecified atom stereocenters. The molecule has 0 fully saturated rings. The Morgan fingerprint density at radius 3 is 2.58 bits per heavy atom. The first-order valence-electron chi connectivity index (χ1n) is 5.35. The Balaban J connectivity index is 2.28. The molecule has 19 heavy (non-hydrogen) atoms. The van der Waals surface area contributed by atoms with E-state index < -0.39 is 16.6 Å². The number of halogens is 3. The van der Waals surface area contributed by atoms with Crippen molar-refractivity contribution in [1.82, 2.24) is 0 Å². The van der Waals surface area contributed by atoms with E-state index in [2.05, 4.69) is 0 Å². The molecule has 2 nitrogen and oxygen atoms in total. The van der Waals surface area contributed by atoms with E-state index in [0.717, 1.165) is 0 Å². The second kappa shape index (κ2) is 5.90. The van der Waals surface area contributed by atoms with Crippen molar-refractivity contribution in [3.63, 3.8) is 0 Å². The molecule has 100 valence electrons. The van der Waals surface area contributed by atoms with Gasteiger partial charge in [0.1, 0.15) is 5.82 Å². The lowest BCUT2D eigenvalue weighted by molar-refractivity contribution is 0.615. The summed E-state index contributed by atoms with van der Waals surface area (Å²) in [5.41, 5.74) is 6.34. The van der Waals surface area contributed by atoms with E-state index in [4.69, 9.17) is 28.9 Å². The Hall–Kier alpha value is -1.10. The molecule has 0 amide bonds. The summed E-state index contributed by atoms with van der Waals surface area (Å²) >= 11 is 11.6. The van der Waals surface area contributed by atoms with Gasteiger partial charge in [-0.25, -0.2) is 4.39 Å². The van der Waals surface area contributed by atoms with Crippen LogP contribution in [-0.2, 0) is 16.6 Å². The highest BCUT2D eigenvalue weighted by Gasteiger charge is 2.13. The summed E-state index contributed by atoms with van der Waals surface area (Å²) in [6.45, 7) is 0. The van der Waals surface area contributed by atoms with Gasteiger partial charge in [-0.1, -0.05) is 35.3 Å². The normalized spacial score (nSPS) is 12.4. The van der Waals surface area contributed by atoms with E-state index in [1.165, 1.54) is 12.1 Å². The van der Waals surface area contributed by atoms with Crippen LogP contribution in [0.5, 0.6) is 0 Å². The maximum Gasteiger partial charge on any atom is 0.145 e. The van der Waals surface area contributed by atoms with Crippen LogP contribution in [0.2, 0.25) is 10.0 Å². The minimum absolute atomic E-state index is 0.00995. The molecule has 0 saturated carbocycles. The number of anilines is 1. The SMILES string of the molecule is Nc1ccc(S(=O)Cc2cccc(Cl)c2F)c(Cl)c1. The van der Waals surface area contributed by atoms with Gasteiger partial charge in [0.05, 0.1) is 31.5 Å². The summed E-state index contributed by atoms with van der Waals surface area (Å²) in [5, 5.41) is 0.318. The molecule has 0 aliphatic heterocycles. The fraction of sp³-hybridized carbons (Fsp3) is 0.0769. The van der Waals surface area contributed by atoms with Gasteiger partial charge in [0.2, 0.25) is 0 Å². The second-order valence-electron chi connectivity index (χ2n) is 3.89. The molecule has 0 radical (unpaired) electrons. The lowest BCUT2D eigenvalue weighted by Gasteiger charge is -2.07. The van der Waals surface area contributed by atoms with Gasteiger partial charge in [0.15, 0.2) is 0 Å². The zero-order valence-electron chi connectivity index (χ0n) is 9.70. The third-order valence-corrected chi connectivity index (χ3v) is 4.66. The Morgan fingerprint density at radius 1 is 1.16 bits per heavy atom. The Kier molecular flexibility index (Phi) is 4.45. The van der Waals surface area contributed by atoms with E-state index in [0.29, 0.717) is 21.2 Å². The number of benzene rings is 2. The molecule has 2 aromatic rings. The van der Waals surface area contributed by atoms with E-state index in [-0.39, 0.29) is 10.8 Å². The molecule has 0 aromatic heterocycles. The highest BCUT2D eigenvalue weighted by atomic mass is 35.5. The molecular weight excluding hydrogens is 308 g/mol. The molecule has 2 aromatic carbocycles. The van der Waals surface area contributed by atoms with Crippen LogP contribution in [0.4, 0.5) is 10.1 Å². The molecule has 0 bridgehead atoms. The molecule has 0 aliphatic carbocycles. The lowest BCUT2D eigenvalue weighted by atomic mass is 10.2. The first kappa shape index (κ1) is 14.3. The molecule has 0 aliphatic rings. The average molecular weight is 318 g/mol. The van der Waals surface area contributed by atoms with Gasteiger partial charge in [-0.15, -0.1) is 0 Å². The van der Waals surface area contributed by atoms with Crippen LogP contribution in [0.1, 0.15) is 5.56 Å². The standard InChI is InChI=1S/C13H10Cl2FNOS/c14-10-3-1-2-8(13(10)16)7-19(18)12-5-4-9(17)6-11(12)15/h1-6H,7,17H2. The first-order valence-corrected chi connectivity index (χ1v) is 7.43. The predicted octanol–water partition coefficient (Wildman–Crippen LogP) is 4.02. The molecule has 6 heteroatoms. The van der Waals surface area contributed by atoms with Crippen molar-refractivity contribution in [3.05, 3.63) is 57.8 Å². The van der Waals surface area contributed by atoms with Crippen LogP contribution in [0.15, 0.2) is 41.3 Å². The van der Waals surface area contributed by atoms with E-state index in [1.54, 1.807) is 24.3 Å². The van der Waals surface area contributed by atoms with Gasteiger partial charge in [-0.2, -0.15) is 0 Å². The zero-order chi connectivity index (χ0) is 14.0. The van der Waals surface area contributed by atoms with Crippen molar-refractivity contribution < 1.29 is 8.60 Å². The average Bonchev–Trinajstić information content (AvgIpc) is 2.34. The monoisotopic (exact) mass is 317 g/mol. The van der Waals surface area contributed by atoms with Gasteiger partial charge >= 0.3 is 0 Å². The minimum Gasteiger partial charge on any atom is -0.399 e. The van der Waals surface area contributed by atoms with Crippen LogP contribution in [0.25, 0.3) is 0 Å². The third kappa shape index (κ3) is 3.26. The van der Waals surface area contributed by atoms with Crippen molar-refractivity contribution in [1.29, 1.82) is 0 Å². The van der Waals surface area contributed by atoms with Crippen LogP contribution < -0.4 is 5.73 Å². The van der Waals surface area contributed by atoms with E-state index in [9.17, 15) is 8.60 Å². The number of nitrogen functional groups attached to an aromatic ring is 1. The zero-order valence-corrected chi connectivity index (χ0v) is 12.0. The predicted molar refractivity (Wildman–Crippen MR) is 77.4 cm³/mol. The molecule has 2 rings (SSSR count). The number of nitrogens with two attached hydrogens (primary N) is 1. The van der Waals surface area contributed by atoms with Crippen molar-refractivity contribution >= 4 is 39.7 Å². The summed E-state index contributed by atoms with van der Waals surface area (Å²) in [5.74, 6) is -0.542. The van der Waals surface area contributed by atoms with Crippen molar-refractivity contribution in [3.8, 4) is 0 Å². The molecular formula is C13H10Cl2FNOS. The van der Waals surface area contributed by atoms with E-state index in [1.807, 2.05) is 0 Å². The Bertz CT molecular complexity index is 649. The highest BCUT2D eigenvalue weighted by Crippen LogP contribution is 2.26. The number of hydrogen-bond acceptors (Lipinski definition) is 2. The molecule has 2 N–H and O–H groups in total. The molecule has 0 spiro atoms. The fourth-order valence-electron chi connectivity index (χ4n) is 1.58. The second-order valence-corrected chi connectivity index (χ2v) is 6.13. The van der Waals surface area contributed by atoms with Gasteiger partial charge in [-0.3, -0.25) is 4.21 Å². The fourth-order valence-corrected chi connectivity index (χ4v) is 3.38. The van der Waals surface area contributed by atoms with Crippen molar-refractivity contribution in [2.24, 2.45) is 0 Å². The maximum absolute atomic E-state index is 13.7. The Labute approximate surface area is 122 Å². The number of rotatable bonds is 3. The maximum atomic E-state index is 13.7. The summed E-state index contributed by atoms with van der Waals surface area (Å²) in [6.07, 6.45) is 0. The van der Waals surface area contributed by atoms with Gasteiger partial charge in [0.25, 0.3) is 0 Å². The minimum atomic E-state index is -1.46. The molecule has 0 saturated heterocycles. The van der Waals surface area contributed by atoms with Crippen molar-refractivity contribution in [2.75, 3.05) is 5.73 Å². The van der Waals surface area contributed by atoms with Crippen LogP contribution in [0, 0.1) is 5.82 Å². The third-order valence-electron chi connectivity index (χ3n) is 2.52. The van der Waals surface area contributed by atoms with Crippen LogP contribution in [-0.4, -0.2) is 4.21 Å². The van der Waals surface area contributed by atoms with Crippen LogP contribution in [0.3, 0.4) is 0 Å². The van der Waals surface area contributed by atoms with E-state index >= 15 is 0 Å². The highest BCUT2D eigenvalue weighted by molar-refractivity contribution is 7.84. The quantitative estimate of drug-likeness (QED) is 0.869. The lowest BCUT2D eigenvalue weighted by Crippen LogP contribution is -2.00. The Morgan fingerprint density at radius 2 is 1.89 bits per heavy atom. The summed E-state index contributed by atoms with van der Waals surface area (Å²) in [7, 11) is -1.46. The van der Waals surface area contributed by atoms with Gasteiger partial charge < -0.3 is 5.73 Å². The largest absolute Gasteiger partial charge is 0.399 e. The van der Waals surface area contributed by atoms with Crippen molar-refractivity contribution in [2.45, 2.75) is 10.6 Å².